The average Bonchev–Trinajstić information content (AvgIpc) is 2.80. The first-order chi connectivity index (χ1) is 8.60. The van der Waals surface area contributed by atoms with Crippen LogP contribution in [-0.4, -0.2) is 30.7 Å². The molecule has 0 aliphatic carbocycles. The monoisotopic (exact) mass is 249 g/mol. The molecule has 1 unspecified atom stereocenters. The lowest BCUT2D eigenvalue weighted by Crippen LogP contribution is -2.21. The van der Waals surface area contributed by atoms with E-state index in [1.165, 1.54) is 6.92 Å². The SMILES string of the molecule is CC(=O)Nc1cc(N2CCC(CO)C2)ccc1N. The Morgan fingerprint density at radius 3 is 3.00 bits per heavy atom. The standard InChI is InChI=1S/C13H19N3O2/c1-9(18)15-13-6-11(2-3-12(13)14)16-5-4-10(7-16)8-17/h2-3,6,10,17H,4-5,7-8,14H2,1H3,(H,15,18). The topological polar surface area (TPSA) is 78.6 Å². The van der Waals surface area contributed by atoms with Gasteiger partial charge in [0.25, 0.3) is 0 Å². The molecule has 98 valence electrons. The van der Waals surface area contributed by atoms with Gasteiger partial charge in [0.05, 0.1) is 11.4 Å². The minimum absolute atomic E-state index is 0.131. The lowest BCUT2D eigenvalue weighted by molar-refractivity contribution is -0.114. The van der Waals surface area contributed by atoms with Crippen LogP contribution in [0.5, 0.6) is 0 Å². The third-order valence-corrected chi connectivity index (χ3v) is 3.26. The third-order valence-electron chi connectivity index (χ3n) is 3.26. The van der Waals surface area contributed by atoms with Gasteiger partial charge in [-0.2, -0.15) is 0 Å². The molecule has 0 aromatic heterocycles. The van der Waals surface area contributed by atoms with Crippen molar-refractivity contribution in [1.82, 2.24) is 0 Å². The molecule has 0 radical (unpaired) electrons. The van der Waals surface area contributed by atoms with E-state index in [-0.39, 0.29) is 12.5 Å². The Morgan fingerprint density at radius 1 is 1.61 bits per heavy atom. The summed E-state index contributed by atoms with van der Waals surface area (Å²) in [5, 5.41) is 11.9. The van der Waals surface area contributed by atoms with Crippen LogP contribution in [-0.2, 0) is 4.79 Å². The van der Waals surface area contributed by atoms with Crippen molar-refractivity contribution in [1.29, 1.82) is 0 Å². The Kier molecular flexibility index (Phi) is 3.72. The van der Waals surface area contributed by atoms with Crippen molar-refractivity contribution in [2.24, 2.45) is 5.92 Å². The third kappa shape index (κ3) is 2.73. The number of amides is 1. The first kappa shape index (κ1) is 12.7. The van der Waals surface area contributed by atoms with E-state index >= 15 is 0 Å². The fraction of sp³-hybridized carbons (Fsp3) is 0.462. The number of hydrogen-bond acceptors (Lipinski definition) is 4. The van der Waals surface area contributed by atoms with Crippen LogP contribution in [0, 0.1) is 5.92 Å². The molecule has 1 heterocycles. The van der Waals surface area contributed by atoms with Gasteiger partial charge < -0.3 is 21.1 Å². The van der Waals surface area contributed by atoms with Crippen molar-refractivity contribution in [2.45, 2.75) is 13.3 Å². The number of carbonyl (C=O) groups excluding carboxylic acids is 1. The lowest BCUT2D eigenvalue weighted by atomic mass is 10.1. The number of nitrogens with two attached hydrogens (primary N) is 1. The number of anilines is 3. The fourth-order valence-corrected chi connectivity index (χ4v) is 2.26. The van der Waals surface area contributed by atoms with Crippen molar-refractivity contribution in [3.8, 4) is 0 Å². The van der Waals surface area contributed by atoms with Crippen molar-refractivity contribution < 1.29 is 9.90 Å². The summed E-state index contributed by atoms with van der Waals surface area (Å²) in [5.41, 5.74) is 8.06. The van der Waals surface area contributed by atoms with Gasteiger partial charge in [-0.25, -0.2) is 0 Å². The summed E-state index contributed by atoms with van der Waals surface area (Å²) in [6.07, 6.45) is 0.996. The first-order valence-electron chi connectivity index (χ1n) is 6.13. The molecule has 18 heavy (non-hydrogen) atoms. The van der Waals surface area contributed by atoms with Crippen LogP contribution in [0.2, 0.25) is 0 Å². The van der Waals surface area contributed by atoms with Crippen LogP contribution in [0.3, 0.4) is 0 Å². The molecular formula is C13H19N3O2. The molecular weight excluding hydrogens is 230 g/mol. The van der Waals surface area contributed by atoms with E-state index in [0.29, 0.717) is 17.3 Å². The van der Waals surface area contributed by atoms with Gasteiger partial charge in [-0.1, -0.05) is 0 Å². The summed E-state index contributed by atoms with van der Waals surface area (Å²) >= 11 is 0. The van der Waals surface area contributed by atoms with E-state index in [1.807, 2.05) is 12.1 Å². The highest BCUT2D eigenvalue weighted by molar-refractivity contribution is 5.93. The van der Waals surface area contributed by atoms with Gasteiger partial charge in [0.15, 0.2) is 0 Å². The van der Waals surface area contributed by atoms with E-state index in [2.05, 4.69) is 10.2 Å². The predicted molar refractivity (Wildman–Crippen MR) is 72.6 cm³/mol. The van der Waals surface area contributed by atoms with E-state index < -0.39 is 0 Å². The first-order valence-corrected chi connectivity index (χ1v) is 6.13. The van der Waals surface area contributed by atoms with E-state index in [0.717, 1.165) is 25.2 Å². The zero-order valence-electron chi connectivity index (χ0n) is 10.5. The summed E-state index contributed by atoms with van der Waals surface area (Å²) in [6, 6.07) is 5.63. The van der Waals surface area contributed by atoms with Gasteiger partial charge in [0, 0.05) is 38.2 Å². The minimum atomic E-state index is -0.131. The van der Waals surface area contributed by atoms with Crippen LogP contribution in [0.25, 0.3) is 0 Å². The van der Waals surface area contributed by atoms with Crippen LogP contribution in [0.1, 0.15) is 13.3 Å². The number of aliphatic hydroxyl groups is 1. The number of benzene rings is 1. The highest BCUT2D eigenvalue weighted by Crippen LogP contribution is 2.29. The highest BCUT2D eigenvalue weighted by Gasteiger charge is 2.22. The van der Waals surface area contributed by atoms with Gasteiger partial charge in [-0.15, -0.1) is 0 Å². The number of nitrogens with zero attached hydrogens (tertiary/aromatic N) is 1. The molecule has 5 nitrogen and oxygen atoms in total. The van der Waals surface area contributed by atoms with Gasteiger partial charge in [-0.3, -0.25) is 4.79 Å². The summed E-state index contributed by atoms with van der Waals surface area (Å²) in [7, 11) is 0. The summed E-state index contributed by atoms with van der Waals surface area (Å²) < 4.78 is 0. The number of rotatable bonds is 3. The molecule has 0 saturated carbocycles. The quantitative estimate of drug-likeness (QED) is 0.700. The minimum Gasteiger partial charge on any atom is -0.397 e. The average molecular weight is 249 g/mol. The van der Waals surface area contributed by atoms with Crippen LogP contribution in [0.15, 0.2) is 18.2 Å². The molecule has 1 aromatic rings. The van der Waals surface area contributed by atoms with Crippen molar-refractivity contribution in [3.05, 3.63) is 18.2 Å². The highest BCUT2D eigenvalue weighted by atomic mass is 16.3. The van der Waals surface area contributed by atoms with Gasteiger partial charge in [0.2, 0.25) is 5.91 Å². The largest absolute Gasteiger partial charge is 0.397 e. The normalized spacial score (nSPS) is 19.0. The van der Waals surface area contributed by atoms with Crippen LogP contribution >= 0.6 is 0 Å². The number of carbonyl (C=O) groups is 1. The van der Waals surface area contributed by atoms with Gasteiger partial charge in [-0.05, 0) is 24.6 Å². The molecule has 1 aromatic carbocycles. The molecule has 5 heteroatoms. The summed E-state index contributed by atoms with van der Waals surface area (Å²) in [4.78, 5) is 13.3. The summed E-state index contributed by atoms with van der Waals surface area (Å²) in [6.45, 7) is 3.46. The molecule has 1 fully saturated rings. The van der Waals surface area contributed by atoms with Crippen LogP contribution < -0.4 is 16.0 Å². The van der Waals surface area contributed by atoms with Crippen LogP contribution in [0.4, 0.5) is 17.1 Å². The number of nitrogens with one attached hydrogen (secondary N) is 1. The fourth-order valence-electron chi connectivity index (χ4n) is 2.26. The zero-order valence-corrected chi connectivity index (χ0v) is 10.5. The Morgan fingerprint density at radius 2 is 2.39 bits per heavy atom. The van der Waals surface area contributed by atoms with Crippen molar-refractivity contribution >= 4 is 23.0 Å². The zero-order chi connectivity index (χ0) is 13.1. The predicted octanol–water partition coefficient (Wildman–Crippen LogP) is 1.05. The summed E-state index contributed by atoms with van der Waals surface area (Å²) in [5.74, 6) is 0.209. The maximum Gasteiger partial charge on any atom is 0.221 e. The Balaban J connectivity index is 2.16. The molecule has 1 atom stereocenters. The van der Waals surface area contributed by atoms with E-state index in [9.17, 15) is 4.79 Å². The molecule has 1 amide bonds. The Hall–Kier alpha value is -1.75. The maximum atomic E-state index is 11.1. The second kappa shape index (κ2) is 5.27. The molecule has 1 saturated heterocycles. The van der Waals surface area contributed by atoms with E-state index in [1.54, 1.807) is 6.07 Å². The van der Waals surface area contributed by atoms with Crippen molar-refractivity contribution in [2.75, 3.05) is 35.6 Å². The molecule has 0 spiro atoms. The lowest BCUT2D eigenvalue weighted by Gasteiger charge is -2.20. The molecule has 2 rings (SSSR count). The molecule has 1 aliphatic heterocycles. The van der Waals surface area contributed by atoms with Gasteiger partial charge in [0.1, 0.15) is 0 Å². The second-order valence-corrected chi connectivity index (χ2v) is 4.74. The van der Waals surface area contributed by atoms with E-state index in [4.69, 9.17) is 10.8 Å². The van der Waals surface area contributed by atoms with Gasteiger partial charge >= 0.3 is 0 Å². The molecule has 4 N–H and O–H groups in total. The molecule has 1 aliphatic rings. The Bertz CT molecular complexity index is 448. The Labute approximate surface area is 107 Å². The number of nitrogen functional groups attached to an aromatic ring is 1. The smallest absolute Gasteiger partial charge is 0.221 e. The maximum absolute atomic E-state index is 11.1. The second-order valence-electron chi connectivity index (χ2n) is 4.74. The number of hydrogen-bond donors (Lipinski definition) is 3. The number of aliphatic hydroxyl groups excluding tert-OH is 1. The van der Waals surface area contributed by atoms with Crippen molar-refractivity contribution in [3.63, 3.8) is 0 Å². The molecule has 0 bridgehead atoms.